The highest BCUT2D eigenvalue weighted by Gasteiger charge is 2.11. The average molecular weight is 280 g/mol. The maximum absolute atomic E-state index is 11.5. The molecular formula is C14H20N2O4. The number of phenols is 1. The summed E-state index contributed by atoms with van der Waals surface area (Å²) in [7, 11) is 1.58. The number of methoxy groups -OCH3 is 1. The van der Waals surface area contributed by atoms with Crippen LogP contribution in [0.3, 0.4) is 0 Å². The zero-order valence-electron chi connectivity index (χ0n) is 11.5. The summed E-state index contributed by atoms with van der Waals surface area (Å²) in [5.74, 6) is -1.07. The molecule has 3 N–H and O–H groups in total. The zero-order valence-corrected chi connectivity index (χ0v) is 11.5. The molecule has 0 unspecified atom stereocenters. The van der Waals surface area contributed by atoms with E-state index in [-0.39, 0.29) is 5.75 Å². The molecule has 0 atom stereocenters. The summed E-state index contributed by atoms with van der Waals surface area (Å²) in [4.78, 5) is 22.9. The second-order valence-corrected chi connectivity index (χ2v) is 4.27. The molecule has 0 aliphatic rings. The number of phenolic OH excluding ortho intramolecular Hbond substituents is 1. The quantitative estimate of drug-likeness (QED) is 0.492. The maximum atomic E-state index is 11.5. The van der Waals surface area contributed by atoms with E-state index in [1.54, 1.807) is 31.4 Å². The van der Waals surface area contributed by atoms with Gasteiger partial charge in [-0.25, -0.2) is 0 Å². The third-order valence-corrected chi connectivity index (χ3v) is 2.65. The van der Waals surface area contributed by atoms with E-state index in [4.69, 9.17) is 9.84 Å². The van der Waals surface area contributed by atoms with Crippen molar-refractivity contribution in [3.63, 3.8) is 0 Å². The molecule has 0 bridgehead atoms. The summed E-state index contributed by atoms with van der Waals surface area (Å²) < 4.78 is 4.84. The van der Waals surface area contributed by atoms with E-state index in [9.17, 15) is 9.59 Å². The second kappa shape index (κ2) is 8.92. The molecule has 0 aliphatic carbocycles. The first kappa shape index (κ1) is 16.0. The van der Waals surface area contributed by atoms with Crippen LogP contribution in [0.2, 0.25) is 0 Å². The number of hydrogen-bond donors (Lipinski definition) is 3. The largest absolute Gasteiger partial charge is 0.508 e. The minimum Gasteiger partial charge on any atom is -0.508 e. The highest BCUT2D eigenvalue weighted by molar-refractivity contribution is 6.35. The first-order chi connectivity index (χ1) is 9.63. The van der Waals surface area contributed by atoms with Crippen LogP contribution >= 0.6 is 0 Å². The van der Waals surface area contributed by atoms with Gasteiger partial charge in [-0.15, -0.1) is 0 Å². The number of carbonyl (C=O) groups is 2. The Kier molecular flexibility index (Phi) is 7.13. The van der Waals surface area contributed by atoms with Crippen LogP contribution in [0, 0.1) is 0 Å². The SMILES string of the molecule is COCCCNC(=O)C(=O)NCCc1ccc(O)cc1. The first-order valence-corrected chi connectivity index (χ1v) is 6.46. The Labute approximate surface area is 118 Å². The summed E-state index contributed by atoms with van der Waals surface area (Å²) in [5, 5.41) is 14.2. The molecule has 0 spiro atoms. The van der Waals surface area contributed by atoms with Gasteiger partial charge in [0.25, 0.3) is 0 Å². The van der Waals surface area contributed by atoms with E-state index in [2.05, 4.69) is 10.6 Å². The van der Waals surface area contributed by atoms with Crippen molar-refractivity contribution in [2.45, 2.75) is 12.8 Å². The Balaban J connectivity index is 2.18. The average Bonchev–Trinajstić information content (AvgIpc) is 2.45. The van der Waals surface area contributed by atoms with E-state index in [1.165, 1.54) is 0 Å². The minimum atomic E-state index is -0.638. The number of carbonyl (C=O) groups excluding carboxylic acids is 2. The lowest BCUT2D eigenvalue weighted by Gasteiger charge is -2.06. The maximum Gasteiger partial charge on any atom is 0.309 e. The highest BCUT2D eigenvalue weighted by Crippen LogP contribution is 2.09. The third-order valence-electron chi connectivity index (χ3n) is 2.65. The number of rotatable bonds is 7. The fourth-order valence-corrected chi connectivity index (χ4v) is 1.56. The van der Waals surface area contributed by atoms with E-state index in [0.717, 1.165) is 5.56 Å². The van der Waals surface area contributed by atoms with Gasteiger partial charge in [0.15, 0.2) is 0 Å². The Bertz CT molecular complexity index is 431. The van der Waals surface area contributed by atoms with E-state index >= 15 is 0 Å². The van der Waals surface area contributed by atoms with Crippen LogP contribution in [0.1, 0.15) is 12.0 Å². The van der Waals surface area contributed by atoms with Crippen molar-refractivity contribution in [2.24, 2.45) is 0 Å². The number of benzene rings is 1. The normalized spacial score (nSPS) is 10.1. The lowest BCUT2D eigenvalue weighted by Crippen LogP contribution is -2.41. The molecule has 1 aromatic rings. The van der Waals surface area contributed by atoms with Gasteiger partial charge in [-0.05, 0) is 30.5 Å². The summed E-state index contributed by atoms with van der Waals surface area (Å²) in [6.45, 7) is 1.33. The summed E-state index contributed by atoms with van der Waals surface area (Å²) in [6, 6.07) is 6.71. The van der Waals surface area contributed by atoms with Crippen LogP contribution in [-0.4, -0.2) is 43.7 Å². The Morgan fingerprint density at radius 1 is 1.10 bits per heavy atom. The van der Waals surface area contributed by atoms with Crippen molar-refractivity contribution in [2.75, 3.05) is 26.8 Å². The first-order valence-electron chi connectivity index (χ1n) is 6.46. The smallest absolute Gasteiger partial charge is 0.309 e. The topological polar surface area (TPSA) is 87.7 Å². The van der Waals surface area contributed by atoms with Crippen molar-refractivity contribution in [3.05, 3.63) is 29.8 Å². The predicted molar refractivity (Wildman–Crippen MR) is 74.3 cm³/mol. The van der Waals surface area contributed by atoms with Crippen LogP contribution in [0.4, 0.5) is 0 Å². The number of nitrogens with one attached hydrogen (secondary N) is 2. The van der Waals surface area contributed by atoms with Crippen LogP contribution in [0.15, 0.2) is 24.3 Å². The minimum absolute atomic E-state index is 0.202. The molecular weight excluding hydrogens is 260 g/mol. The van der Waals surface area contributed by atoms with Gasteiger partial charge < -0.3 is 20.5 Å². The lowest BCUT2D eigenvalue weighted by atomic mass is 10.1. The highest BCUT2D eigenvalue weighted by atomic mass is 16.5. The number of hydrogen-bond acceptors (Lipinski definition) is 4. The van der Waals surface area contributed by atoms with Crippen molar-refractivity contribution >= 4 is 11.8 Å². The molecule has 1 aromatic carbocycles. The van der Waals surface area contributed by atoms with Gasteiger partial charge in [-0.1, -0.05) is 12.1 Å². The van der Waals surface area contributed by atoms with Gasteiger partial charge in [0.05, 0.1) is 0 Å². The van der Waals surface area contributed by atoms with Gasteiger partial charge in [-0.2, -0.15) is 0 Å². The molecule has 0 fully saturated rings. The van der Waals surface area contributed by atoms with Gasteiger partial charge in [0.2, 0.25) is 0 Å². The van der Waals surface area contributed by atoms with E-state index in [1.807, 2.05) is 0 Å². The van der Waals surface area contributed by atoms with Crippen molar-refractivity contribution in [3.8, 4) is 5.75 Å². The molecule has 0 radical (unpaired) electrons. The molecule has 6 heteroatoms. The fraction of sp³-hybridized carbons (Fsp3) is 0.429. The number of amides is 2. The molecule has 2 amide bonds. The predicted octanol–water partition coefficient (Wildman–Crippen LogP) is 0.204. The number of ether oxygens (including phenoxy) is 1. The standard InChI is InChI=1S/C14H20N2O4/c1-20-10-2-8-15-13(18)14(19)16-9-7-11-3-5-12(17)6-4-11/h3-6,17H,2,7-10H2,1H3,(H,15,18)(H,16,19). The second-order valence-electron chi connectivity index (χ2n) is 4.27. The van der Waals surface area contributed by atoms with Crippen molar-refractivity contribution < 1.29 is 19.4 Å². The van der Waals surface area contributed by atoms with E-state index in [0.29, 0.717) is 32.5 Å². The molecule has 0 heterocycles. The van der Waals surface area contributed by atoms with Gasteiger partial charge in [0, 0.05) is 26.8 Å². The molecule has 20 heavy (non-hydrogen) atoms. The van der Waals surface area contributed by atoms with E-state index < -0.39 is 11.8 Å². The fourth-order valence-electron chi connectivity index (χ4n) is 1.56. The molecule has 1 rings (SSSR count). The Morgan fingerprint density at radius 2 is 1.70 bits per heavy atom. The van der Waals surface area contributed by atoms with Crippen LogP contribution in [-0.2, 0) is 20.7 Å². The Hall–Kier alpha value is -2.08. The molecule has 0 saturated carbocycles. The molecule has 110 valence electrons. The molecule has 0 aromatic heterocycles. The third kappa shape index (κ3) is 6.19. The monoisotopic (exact) mass is 280 g/mol. The summed E-state index contributed by atoms with van der Waals surface area (Å²) in [5.41, 5.74) is 0.976. The van der Waals surface area contributed by atoms with Crippen molar-refractivity contribution in [1.29, 1.82) is 0 Å². The van der Waals surface area contributed by atoms with Crippen molar-refractivity contribution in [1.82, 2.24) is 10.6 Å². The van der Waals surface area contributed by atoms with Gasteiger partial charge in [-0.3, -0.25) is 9.59 Å². The lowest BCUT2D eigenvalue weighted by molar-refractivity contribution is -0.139. The van der Waals surface area contributed by atoms with Gasteiger partial charge in [0.1, 0.15) is 5.75 Å². The van der Waals surface area contributed by atoms with Crippen LogP contribution in [0.5, 0.6) is 5.75 Å². The zero-order chi connectivity index (χ0) is 14.8. The summed E-state index contributed by atoms with van der Waals surface area (Å²) >= 11 is 0. The Morgan fingerprint density at radius 3 is 2.30 bits per heavy atom. The molecule has 0 aliphatic heterocycles. The molecule has 0 saturated heterocycles. The molecule has 6 nitrogen and oxygen atoms in total. The van der Waals surface area contributed by atoms with Crippen LogP contribution < -0.4 is 10.6 Å². The van der Waals surface area contributed by atoms with Gasteiger partial charge >= 0.3 is 11.8 Å². The van der Waals surface area contributed by atoms with Crippen LogP contribution in [0.25, 0.3) is 0 Å². The number of aromatic hydroxyl groups is 1. The summed E-state index contributed by atoms with van der Waals surface area (Å²) in [6.07, 6.45) is 1.27.